The predicted molar refractivity (Wildman–Crippen MR) is 119 cm³/mol. The molecule has 160 valence electrons. The quantitative estimate of drug-likeness (QED) is 0.417. The molecule has 2 heterocycles. The molecule has 0 saturated heterocycles. The molecule has 0 aliphatic heterocycles. The van der Waals surface area contributed by atoms with Crippen LogP contribution >= 0.6 is 0 Å². The Kier molecular flexibility index (Phi) is 5.19. The largest absolute Gasteiger partial charge is 0.487 e. The number of anilines is 1. The van der Waals surface area contributed by atoms with Gasteiger partial charge in [-0.05, 0) is 52.9 Å². The second-order valence-electron chi connectivity index (χ2n) is 7.12. The van der Waals surface area contributed by atoms with Crippen molar-refractivity contribution in [3.8, 4) is 17.5 Å². The standard InChI is InChI=1S/C23H16N8O2/c24-11-16-3-1-2-4-17(16)13-33-22-8-6-19(10-21(22)31-14-26-29-30-31)27-23(32)15-5-7-20-18(9-15)12-25-28-20/h1-10,12,14H,13H2,(H,25,28)(H,27,32). The Bertz CT molecular complexity index is 1480. The lowest BCUT2D eigenvalue weighted by molar-refractivity contribution is 0.102. The van der Waals surface area contributed by atoms with Crippen LogP contribution in [0.2, 0.25) is 0 Å². The third kappa shape index (κ3) is 4.11. The Hall–Kier alpha value is -5.04. The highest BCUT2D eigenvalue weighted by Crippen LogP contribution is 2.27. The summed E-state index contributed by atoms with van der Waals surface area (Å²) in [5.74, 6) is 0.227. The number of aromatic nitrogens is 6. The maximum atomic E-state index is 12.8. The van der Waals surface area contributed by atoms with Crippen LogP contribution in [0.5, 0.6) is 5.75 Å². The van der Waals surface area contributed by atoms with E-state index in [9.17, 15) is 10.1 Å². The van der Waals surface area contributed by atoms with Crippen molar-refractivity contribution in [2.24, 2.45) is 0 Å². The molecule has 0 bridgehead atoms. The number of hydrogen-bond donors (Lipinski definition) is 2. The lowest BCUT2D eigenvalue weighted by Gasteiger charge is -2.14. The number of nitrogens with one attached hydrogen (secondary N) is 2. The fourth-order valence-corrected chi connectivity index (χ4v) is 3.37. The fraction of sp³-hybridized carbons (Fsp3) is 0.0435. The molecule has 0 aliphatic carbocycles. The van der Waals surface area contributed by atoms with Gasteiger partial charge in [0.25, 0.3) is 5.91 Å². The van der Waals surface area contributed by atoms with Gasteiger partial charge in [-0.15, -0.1) is 5.10 Å². The van der Waals surface area contributed by atoms with Crippen LogP contribution in [0.3, 0.4) is 0 Å². The summed E-state index contributed by atoms with van der Waals surface area (Å²) in [7, 11) is 0. The second kappa shape index (κ2) is 8.60. The Morgan fingerprint density at radius 1 is 1.15 bits per heavy atom. The number of carbonyl (C=O) groups excluding carboxylic acids is 1. The molecule has 33 heavy (non-hydrogen) atoms. The van der Waals surface area contributed by atoms with Gasteiger partial charge in [0.2, 0.25) is 0 Å². The number of amides is 1. The van der Waals surface area contributed by atoms with Crippen LogP contribution in [0.1, 0.15) is 21.5 Å². The zero-order valence-corrected chi connectivity index (χ0v) is 17.1. The van der Waals surface area contributed by atoms with E-state index in [0.717, 1.165) is 16.5 Å². The van der Waals surface area contributed by atoms with Crippen LogP contribution in [-0.4, -0.2) is 36.3 Å². The summed E-state index contributed by atoms with van der Waals surface area (Å²) in [6, 6.07) is 19.8. The minimum absolute atomic E-state index is 0.190. The molecular weight excluding hydrogens is 420 g/mol. The Balaban J connectivity index is 1.41. The Labute approximate surface area is 187 Å². The van der Waals surface area contributed by atoms with Gasteiger partial charge in [0.1, 0.15) is 24.4 Å². The van der Waals surface area contributed by atoms with Crippen LogP contribution in [-0.2, 0) is 6.61 Å². The first-order chi connectivity index (χ1) is 16.2. The van der Waals surface area contributed by atoms with Crippen LogP contribution in [0.4, 0.5) is 5.69 Å². The maximum Gasteiger partial charge on any atom is 0.255 e. The predicted octanol–water partition coefficient (Wildman–Crippen LogP) is 3.24. The van der Waals surface area contributed by atoms with Gasteiger partial charge < -0.3 is 10.1 Å². The van der Waals surface area contributed by atoms with Crippen LogP contribution in [0.15, 0.2) is 73.2 Å². The molecule has 0 fully saturated rings. The summed E-state index contributed by atoms with van der Waals surface area (Å²) in [5, 5.41) is 31.2. The van der Waals surface area contributed by atoms with Crippen molar-refractivity contribution < 1.29 is 9.53 Å². The van der Waals surface area contributed by atoms with Crippen molar-refractivity contribution in [2.75, 3.05) is 5.32 Å². The summed E-state index contributed by atoms with van der Waals surface area (Å²) in [4.78, 5) is 12.8. The van der Waals surface area contributed by atoms with Gasteiger partial charge in [-0.2, -0.15) is 15.0 Å². The summed E-state index contributed by atoms with van der Waals surface area (Å²) in [6.45, 7) is 0.190. The van der Waals surface area contributed by atoms with E-state index >= 15 is 0 Å². The van der Waals surface area contributed by atoms with Crippen molar-refractivity contribution >= 4 is 22.5 Å². The van der Waals surface area contributed by atoms with Crippen molar-refractivity contribution in [3.05, 3.63) is 89.9 Å². The third-order valence-electron chi connectivity index (χ3n) is 5.04. The number of rotatable bonds is 6. The average Bonchev–Trinajstić information content (AvgIpc) is 3.55. The Morgan fingerprint density at radius 3 is 2.91 bits per heavy atom. The minimum atomic E-state index is -0.266. The second-order valence-corrected chi connectivity index (χ2v) is 7.12. The smallest absolute Gasteiger partial charge is 0.255 e. The number of carbonyl (C=O) groups is 1. The van der Waals surface area contributed by atoms with E-state index in [2.05, 4.69) is 37.1 Å². The Morgan fingerprint density at radius 2 is 2.06 bits per heavy atom. The highest BCUT2D eigenvalue weighted by molar-refractivity contribution is 6.06. The molecule has 0 atom stereocenters. The molecule has 3 aromatic carbocycles. The van der Waals surface area contributed by atoms with E-state index in [1.165, 1.54) is 11.0 Å². The molecule has 2 N–H and O–H groups in total. The molecule has 2 aromatic heterocycles. The molecule has 0 saturated carbocycles. The first-order valence-corrected chi connectivity index (χ1v) is 9.94. The number of fused-ring (bicyclic) bond motifs is 1. The fourth-order valence-electron chi connectivity index (χ4n) is 3.37. The topological polar surface area (TPSA) is 134 Å². The number of hydrogen-bond acceptors (Lipinski definition) is 7. The van der Waals surface area contributed by atoms with Gasteiger partial charge >= 0.3 is 0 Å². The van der Waals surface area contributed by atoms with Crippen LogP contribution in [0.25, 0.3) is 16.6 Å². The highest BCUT2D eigenvalue weighted by Gasteiger charge is 2.13. The van der Waals surface area contributed by atoms with Crippen molar-refractivity contribution in [2.45, 2.75) is 6.61 Å². The normalized spacial score (nSPS) is 10.6. The van der Waals surface area contributed by atoms with Crippen molar-refractivity contribution in [1.82, 2.24) is 30.4 Å². The van der Waals surface area contributed by atoms with E-state index in [1.54, 1.807) is 54.7 Å². The molecule has 0 spiro atoms. The number of nitriles is 1. The van der Waals surface area contributed by atoms with Gasteiger partial charge in [0.15, 0.2) is 0 Å². The monoisotopic (exact) mass is 436 g/mol. The number of benzene rings is 3. The lowest BCUT2D eigenvalue weighted by atomic mass is 10.1. The van der Waals surface area contributed by atoms with E-state index < -0.39 is 0 Å². The summed E-state index contributed by atoms with van der Waals surface area (Å²) >= 11 is 0. The number of tetrazole rings is 1. The first kappa shape index (κ1) is 19.9. The van der Waals surface area contributed by atoms with Gasteiger partial charge in [-0.1, -0.05) is 18.2 Å². The average molecular weight is 436 g/mol. The van der Waals surface area contributed by atoms with Crippen LogP contribution < -0.4 is 10.1 Å². The molecule has 10 nitrogen and oxygen atoms in total. The number of nitrogens with zero attached hydrogens (tertiary/aromatic N) is 6. The molecule has 5 rings (SSSR count). The summed E-state index contributed by atoms with van der Waals surface area (Å²) in [5.41, 5.74) is 3.74. The number of aromatic amines is 1. The van der Waals surface area contributed by atoms with E-state index in [1.807, 2.05) is 12.1 Å². The van der Waals surface area contributed by atoms with Crippen molar-refractivity contribution in [1.29, 1.82) is 5.26 Å². The molecule has 0 radical (unpaired) electrons. The first-order valence-electron chi connectivity index (χ1n) is 9.94. The number of H-pyrrole nitrogens is 1. The van der Waals surface area contributed by atoms with E-state index in [-0.39, 0.29) is 12.5 Å². The van der Waals surface area contributed by atoms with Crippen LogP contribution in [0, 0.1) is 11.3 Å². The van der Waals surface area contributed by atoms with E-state index in [4.69, 9.17) is 4.74 Å². The lowest BCUT2D eigenvalue weighted by Crippen LogP contribution is -2.12. The molecular formula is C23H16N8O2. The zero-order chi connectivity index (χ0) is 22.6. The maximum absolute atomic E-state index is 12.8. The van der Waals surface area contributed by atoms with Crippen molar-refractivity contribution in [3.63, 3.8) is 0 Å². The SMILES string of the molecule is N#Cc1ccccc1COc1ccc(NC(=O)c2ccc3[nH]ncc3c2)cc1-n1cnnn1. The van der Waals surface area contributed by atoms with Gasteiger partial charge in [0.05, 0.1) is 23.3 Å². The molecule has 5 aromatic rings. The zero-order valence-electron chi connectivity index (χ0n) is 17.1. The molecule has 1 amide bonds. The van der Waals surface area contributed by atoms with Gasteiger partial charge in [0, 0.05) is 22.2 Å². The van der Waals surface area contributed by atoms with Gasteiger partial charge in [-0.25, -0.2) is 0 Å². The summed E-state index contributed by atoms with van der Waals surface area (Å²) in [6.07, 6.45) is 3.10. The van der Waals surface area contributed by atoms with Gasteiger partial charge in [-0.3, -0.25) is 9.89 Å². The third-order valence-corrected chi connectivity index (χ3v) is 5.04. The molecule has 0 unspecified atom stereocenters. The van der Waals surface area contributed by atoms with E-state index in [0.29, 0.717) is 28.3 Å². The molecule has 0 aliphatic rings. The summed E-state index contributed by atoms with van der Waals surface area (Å²) < 4.78 is 7.43. The highest BCUT2D eigenvalue weighted by atomic mass is 16.5. The number of ether oxygens (including phenoxy) is 1. The minimum Gasteiger partial charge on any atom is -0.487 e. The molecule has 10 heteroatoms.